The Bertz CT molecular complexity index is 1440. The van der Waals surface area contributed by atoms with Crippen LogP contribution in [0.25, 0.3) is 10.9 Å². The molecule has 0 radical (unpaired) electrons. The number of fused-ring (bicyclic) bond motifs is 1. The normalized spacial score (nSPS) is 17.3. The van der Waals surface area contributed by atoms with E-state index in [0.717, 1.165) is 10.5 Å². The maximum absolute atomic E-state index is 13.4. The quantitative estimate of drug-likeness (QED) is 0.459. The van der Waals surface area contributed by atoms with Crippen LogP contribution < -0.4 is 4.90 Å². The van der Waals surface area contributed by atoms with Gasteiger partial charge in [0.2, 0.25) is 0 Å². The number of aromatic nitrogens is 2. The summed E-state index contributed by atoms with van der Waals surface area (Å²) in [6.07, 6.45) is 0.989. The molecule has 0 atom stereocenters. The van der Waals surface area contributed by atoms with Crippen molar-refractivity contribution in [3.05, 3.63) is 60.3 Å². The van der Waals surface area contributed by atoms with Crippen molar-refractivity contribution in [3.8, 4) is 0 Å². The van der Waals surface area contributed by atoms with Crippen molar-refractivity contribution in [2.45, 2.75) is 51.4 Å². The average Bonchev–Trinajstić information content (AvgIpc) is 3.40. The Morgan fingerprint density at radius 3 is 2.36 bits per heavy atom. The Balaban J connectivity index is 1.37. The summed E-state index contributed by atoms with van der Waals surface area (Å²) in [7, 11) is 1.46. The molecular weight excluding hydrogens is 502 g/mol. The van der Waals surface area contributed by atoms with Gasteiger partial charge in [0, 0.05) is 31.2 Å². The van der Waals surface area contributed by atoms with Gasteiger partial charge < -0.3 is 14.4 Å². The second-order valence-corrected chi connectivity index (χ2v) is 10.8. The highest BCUT2D eigenvalue weighted by Crippen LogP contribution is 2.41. The third kappa shape index (κ3) is 4.80. The van der Waals surface area contributed by atoms with Crippen molar-refractivity contribution in [2.75, 3.05) is 25.0 Å². The number of carbonyl (C=O) groups is 4. The smallest absolute Gasteiger partial charge is 0.435 e. The van der Waals surface area contributed by atoms with E-state index in [0.29, 0.717) is 16.6 Å². The van der Waals surface area contributed by atoms with Crippen molar-refractivity contribution in [1.82, 2.24) is 19.6 Å². The van der Waals surface area contributed by atoms with Gasteiger partial charge in [0.1, 0.15) is 17.7 Å². The fourth-order valence-electron chi connectivity index (χ4n) is 5.09. The van der Waals surface area contributed by atoms with Gasteiger partial charge in [-0.15, -0.1) is 0 Å². The van der Waals surface area contributed by atoms with E-state index in [1.807, 2.05) is 30.3 Å². The molecule has 11 nitrogen and oxygen atoms in total. The Hall–Kier alpha value is -4.41. The molecule has 2 fully saturated rings. The zero-order valence-electron chi connectivity index (χ0n) is 22.4. The number of carbonyl (C=O) groups excluding carboxylic acids is 4. The van der Waals surface area contributed by atoms with E-state index in [9.17, 15) is 19.2 Å². The number of hydrogen-bond donors (Lipinski definition) is 0. The van der Waals surface area contributed by atoms with E-state index in [1.165, 1.54) is 22.8 Å². The summed E-state index contributed by atoms with van der Waals surface area (Å²) in [5, 5.41) is 4.80. The first-order chi connectivity index (χ1) is 18.5. The number of ether oxygens (including phenoxy) is 2. The molecule has 0 N–H and O–H groups in total. The van der Waals surface area contributed by atoms with Gasteiger partial charge in [-0.2, -0.15) is 9.78 Å². The van der Waals surface area contributed by atoms with Crippen molar-refractivity contribution >= 4 is 40.7 Å². The summed E-state index contributed by atoms with van der Waals surface area (Å²) in [5.41, 5.74) is 0.118. The molecule has 2 aliphatic heterocycles. The molecule has 0 unspecified atom stereocenters. The monoisotopic (exact) mass is 533 g/mol. The first-order valence-corrected chi connectivity index (χ1v) is 12.8. The van der Waals surface area contributed by atoms with Crippen LogP contribution in [-0.2, 0) is 20.9 Å². The third-order valence-electron chi connectivity index (χ3n) is 7.04. The summed E-state index contributed by atoms with van der Waals surface area (Å²) >= 11 is 0. The number of imide groups is 1. The van der Waals surface area contributed by atoms with Crippen LogP contribution in [0.2, 0.25) is 0 Å². The van der Waals surface area contributed by atoms with Gasteiger partial charge in [0.15, 0.2) is 0 Å². The number of hydrogen-bond acceptors (Lipinski definition) is 7. The summed E-state index contributed by atoms with van der Waals surface area (Å²) in [5.74, 6) is -0.309. The van der Waals surface area contributed by atoms with Gasteiger partial charge in [0.05, 0.1) is 11.7 Å². The topological polar surface area (TPSA) is 114 Å². The maximum atomic E-state index is 13.4. The van der Waals surface area contributed by atoms with Gasteiger partial charge in [0.25, 0.3) is 5.91 Å². The van der Waals surface area contributed by atoms with Crippen LogP contribution in [0.4, 0.5) is 20.1 Å². The number of piperidine rings is 1. The van der Waals surface area contributed by atoms with Gasteiger partial charge in [-0.25, -0.2) is 14.4 Å². The van der Waals surface area contributed by atoms with Crippen LogP contribution in [0.15, 0.2) is 54.7 Å². The highest BCUT2D eigenvalue weighted by Gasteiger charge is 2.58. The molecule has 39 heavy (non-hydrogen) atoms. The lowest BCUT2D eigenvalue weighted by atomic mass is 9.85. The molecule has 5 rings (SSSR count). The predicted octanol–water partition coefficient (Wildman–Crippen LogP) is 4.39. The van der Waals surface area contributed by atoms with Crippen LogP contribution >= 0.6 is 0 Å². The SMILES string of the molecule is CN1C(=O)N(c2ccc3c(cnn3C(=O)OCc3ccccc3)c2)C2(CCN(C(=O)OC(C)(C)C)CC2)C1=O. The van der Waals surface area contributed by atoms with E-state index >= 15 is 0 Å². The molecule has 2 saturated heterocycles. The molecule has 2 aromatic carbocycles. The third-order valence-corrected chi connectivity index (χ3v) is 7.04. The second kappa shape index (κ2) is 9.72. The van der Waals surface area contributed by atoms with Gasteiger partial charge >= 0.3 is 18.2 Å². The number of likely N-dealkylation sites (N-methyl/N-ethyl adjacent to an activating group) is 1. The lowest BCUT2D eigenvalue weighted by Crippen LogP contribution is -2.58. The number of nitrogens with zero attached hydrogens (tertiary/aromatic N) is 5. The lowest BCUT2D eigenvalue weighted by Gasteiger charge is -2.42. The molecule has 204 valence electrons. The molecule has 0 bridgehead atoms. The van der Waals surface area contributed by atoms with Crippen LogP contribution in [0.5, 0.6) is 0 Å². The first kappa shape index (κ1) is 26.2. The standard InChI is InChI=1S/C28H31N5O6/c1-27(2,3)39-25(36)31-14-12-28(13-15-31)23(34)30(4)24(35)32(28)21-10-11-22-20(16-21)17-29-33(22)26(37)38-18-19-8-6-5-7-9-19/h5-11,16-17H,12-15,18H2,1-4H3. The van der Waals surface area contributed by atoms with Crippen LogP contribution in [-0.4, -0.2) is 75.0 Å². The molecule has 4 amide bonds. The Kier molecular flexibility index (Phi) is 6.53. The highest BCUT2D eigenvalue weighted by molar-refractivity contribution is 6.17. The molecule has 1 aromatic heterocycles. The number of urea groups is 1. The molecule has 3 aromatic rings. The second-order valence-electron chi connectivity index (χ2n) is 10.8. The summed E-state index contributed by atoms with van der Waals surface area (Å²) < 4.78 is 12.1. The predicted molar refractivity (Wildman–Crippen MR) is 142 cm³/mol. The van der Waals surface area contributed by atoms with E-state index in [1.54, 1.807) is 43.9 Å². The van der Waals surface area contributed by atoms with Crippen molar-refractivity contribution in [1.29, 1.82) is 0 Å². The van der Waals surface area contributed by atoms with E-state index in [4.69, 9.17) is 9.47 Å². The van der Waals surface area contributed by atoms with E-state index in [-0.39, 0.29) is 38.4 Å². The Morgan fingerprint density at radius 1 is 1.00 bits per heavy atom. The fraction of sp³-hybridized carbons (Fsp3) is 0.393. The minimum atomic E-state index is -1.12. The number of benzene rings is 2. The summed E-state index contributed by atoms with van der Waals surface area (Å²) in [6.45, 7) is 6.05. The van der Waals surface area contributed by atoms with Crippen LogP contribution in [0, 0.1) is 0 Å². The largest absolute Gasteiger partial charge is 0.444 e. The summed E-state index contributed by atoms with van der Waals surface area (Å²) in [4.78, 5) is 56.2. The molecule has 0 saturated carbocycles. The Labute approximate surface area is 225 Å². The molecular formula is C28H31N5O6. The van der Waals surface area contributed by atoms with Gasteiger partial charge in [-0.1, -0.05) is 30.3 Å². The molecule has 11 heteroatoms. The summed E-state index contributed by atoms with van der Waals surface area (Å²) in [6, 6.07) is 14.0. The van der Waals surface area contributed by atoms with E-state index < -0.39 is 29.4 Å². The first-order valence-electron chi connectivity index (χ1n) is 12.8. The van der Waals surface area contributed by atoms with Crippen molar-refractivity contribution in [3.63, 3.8) is 0 Å². The number of anilines is 1. The number of rotatable bonds is 3. The lowest BCUT2D eigenvalue weighted by molar-refractivity contribution is -0.131. The molecule has 1 spiro atoms. The zero-order chi connectivity index (χ0) is 27.9. The fourth-order valence-corrected chi connectivity index (χ4v) is 5.09. The highest BCUT2D eigenvalue weighted by atomic mass is 16.6. The molecule has 3 heterocycles. The average molecular weight is 534 g/mol. The van der Waals surface area contributed by atoms with Gasteiger partial charge in [-0.3, -0.25) is 14.6 Å². The van der Waals surface area contributed by atoms with Crippen molar-refractivity contribution in [2.24, 2.45) is 0 Å². The Morgan fingerprint density at radius 2 is 1.69 bits per heavy atom. The number of likely N-dealkylation sites (tertiary alicyclic amines) is 1. The minimum absolute atomic E-state index is 0.110. The van der Waals surface area contributed by atoms with Crippen LogP contribution in [0.1, 0.15) is 39.2 Å². The minimum Gasteiger partial charge on any atom is -0.444 e. The van der Waals surface area contributed by atoms with Gasteiger partial charge in [-0.05, 0) is 57.4 Å². The van der Waals surface area contributed by atoms with Crippen molar-refractivity contribution < 1.29 is 28.7 Å². The number of amides is 4. The van der Waals surface area contributed by atoms with Crippen LogP contribution in [0.3, 0.4) is 0 Å². The molecule has 2 aliphatic rings. The zero-order valence-corrected chi connectivity index (χ0v) is 22.4. The molecule has 0 aliphatic carbocycles. The van der Waals surface area contributed by atoms with E-state index in [2.05, 4.69) is 5.10 Å². The maximum Gasteiger partial charge on any atom is 0.435 e.